The summed E-state index contributed by atoms with van der Waals surface area (Å²) in [6.07, 6.45) is 4.53. The van der Waals surface area contributed by atoms with Crippen molar-refractivity contribution < 1.29 is 33.4 Å². The van der Waals surface area contributed by atoms with Crippen molar-refractivity contribution in [3.05, 3.63) is 0 Å². The molecule has 2 aliphatic rings. The number of nitrogens with one attached hydrogen (secondary N) is 4. The first kappa shape index (κ1) is 33.8. The van der Waals surface area contributed by atoms with E-state index in [0.717, 1.165) is 31.4 Å². The summed E-state index contributed by atoms with van der Waals surface area (Å²) < 4.78 is 16.8. The molecule has 2 aliphatic heterocycles. The lowest BCUT2D eigenvalue weighted by Gasteiger charge is -2.18. The van der Waals surface area contributed by atoms with Gasteiger partial charge in [-0.1, -0.05) is 29.0 Å². The van der Waals surface area contributed by atoms with Crippen molar-refractivity contribution in [2.24, 2.45) is 0 Å². The highest BCUT2D eigenvalue weighted by Crippen LogP contribution is 2.33. The Morgan fingerprint density at radius 3 is 2.18 bits per heavy atom. The Morgan fingerprint density at radius 2 is 1.54 bits per heavy atom. The Hall–Kier alpha value is -1.36. The predicted octanol–water partition coefficient (Wildman–Crippen LogP) is 0.668. The maximum atomic E-state index is 12.4. The van der Waals surface area contributed by atoms with Crippen LogP contribution in [0.5, 0.6) is 0 Å². The molecule has 2 rings (SSSR count). The number of fused-ring (bicyclic) bond motifs is 1. The molecular weight excluding hydrogens is 641 g/mol. The molecule has 2 fully saturated rings. The fourth-order valence-corrected chi connectivity index (χ4v) is 6.02. The van der Waals surface area contributed by atoms with Crippen molar-refractivity contribution in [1.29, 1.82) is 0 Å². The van der Waals surface area contributed by atoms with Crippen LogP contribution in [0.3, 0.4) is 0 Å². The zero-order chi connectivity index (χ0) is 28.3. The van der Waals surface area contributed by atoms with Crippen molar-refractivity contribution >= 4 is 58.1 Å². The van der Waals surface area contributed by atoms with Crippen LogP contribution >= 0.6 is 34.4 Å². The molecule has 2 saturated heterocycles. The smallest absolute Gasteiger partial charge is 0.315 e. The second-order valence-corrected chi connectivity index (χ2v) is 11.5. The quantitative estimate of drug-likeness (QED) is 0.0563. The highest BCUT2D eigenvalue weighted by atomic mass is 127. The first-order chi connectivity index (χ1) is 18.9. The van der Waals surface area contributed by atoms with Crippen LogP contribution in [-0.2, 0) is 28.6 Å². The second kappa shape index (κ2) is 20.5. The van der Waals surface area contributed by atoms with Gasteiger partial charge in [0.2, 0.25) is 17.7 Å². The summed E-state index contributed by atoms with van der Waals surface area (Å²) in [6, 6.07) is 0.334. The number of nitrogens with zero attached hydrogens (tertiary/aromatic N) is 1. The number of carbonyl (C=O) groups is 4. The third kappa shape index (κ3) is 14.7. The molecule has 0 aromatic heterocycles. The predicted molar refractivity (Wildman–Crippen MR) is 158 cm³/mol. The van der Waals surface area contributed by atoms with Gasteiger partial charge in [-0.05, 0) is 25.7 Å². The zero-order valence-corrected chi connectivity index (χ0v) is 25.8. The first-order valence-corrected chi connectivity index (χ1v) is 16.2. The number of carbonyl (C=O) groups excluding carboxylic acids is 4. The highest BCUT2D eigenvalue weighted by Gasteiger charge is 2.42. The van der Waals surface area contributed by atoms with E-state index in [-0.39, 0.29) is 42.4 Å². The van der Waals surface area contributed by atoms with E-state index in [2.05, 4.69) is 21.3 Å². The largest absolute Gasteiger partial charge is 0.379 e. The standard InChI is InChI=1S/C25H44IN5O7S/c1-31(23(34)7-3-2-6-20-24-19(18-39-20)29-25(35)30-24)17-22(33)28-9-5-11-37-13-15-38-14-12-36-10-4-8-27-21(32)16-26/h19-20,24H,2-18H2,1H3,(H,27,32)(H,28,33)(H2,29,30,35)/t19-,20-,24-/m0/s1. The molecule has 2 heterocycles. The minimum absolute atomic E-state index is 0.0353. The minimum Gasteiger partial charge on any atom is -0.379 e. The lowest BCUT2D eigenvalue weighted by atomic mass is 10.0. The third-order valence-corrected chi connectivity index (χ3v) is 8.52. The molecule has 3 atom stereocenters. The Kier molecular flexibility index (Phi) is 17.8. The second-order valence-electron chi connectivity index (χ2n) is 9.50. The number of rotatable bonds is 22. The molecular formula is C25H44IN5O7S. The third-order valence-electron chi connectivity index (χ3n) is 6.31. The molecule has 0 radical (unpaired) electrons. The van der Waals surface area contributed by atoms with E-state index in [9.17, 15) is 19.2 Å². The molecule has 0 saturated carbocycles. The fourth-order valence-electron chi connectivity index (χ4n) is 4.21. The average molecular weight is 686 g/mol. The monoisotopic (exact) mass is 685 g/mol. The molecule has 14 heteroatoms. The van der Waals surface area contributed by atoms with E-state index in [1.165, 1.54) is 4.90 Å². The molecule has 5 amide bonds. The maximum Gasteiger partial charge on any atom is 0.315 e. The van der Waals surface area contributed by atoms with E-state index in [0.29, 0.717) is 75.2 Å². The van der Waals surface area contributed by atoms with Crippen LogP contribution in [0.4, 0.5) is 4.79 Å². The number of alkyl halides is 1. The molecule has 12 nitrogen and oxygen atoms in total. The fraction of sp³-hybridized carbons (Fsp3) is 0.840. The van der Waals surface area contributed by atoms with Crippen LogP contribution in [0.15, 0.2) is 0 Å². The normalized spacial score (nSPS) is 19.7. The average Bonchev–Trinajstić information content (AvgIpc) is 3.47. The Labute approximate surface area is 249 Å². The summed E-state index contributed by atoms with van der Waals surface area (Å²) in [4.78, 5) is 48.5. The van der Waals surface area contributed by atoms with E-state index in [1.807, 2.05) is 34.4 Å². The summed E-state index contributed by atoms with van der Waals surface area (Å²) >= 11 is 3.90. The molecule has 4 N–H and O–H groups in total. The zero-order valence-electron chi connectivity index (χ0n) is 22.8. The number of hydrogen-bond acceptors (Lipinski definition) is 8. The summed E-state index contributed by atoms with van der Waals surface area (Å²) in [5.41, 5.74) is 0. The summed E-state index contributed by atoms with van der Waals surface area (Å²) in [7, 11) is 1.65. The van der Waals surface area contributed by atoms with Gasteiger partial charge in [-0.15, -0.1) is 0 Å². The van der Waals surface area contributed by atoms with Gasteiger partial charge in [-0.2, -0.15) is 11.8 Å². The van der Waals surface area contributed by atoms with Gasteiger partial charge in [0.25, 0.3) is 0 Å². The van der Waals surface area contributed by atoms with Gasteiger partial charge in [0.05, 0.1) is 49.5 Å². The lowest BCUT2D eigenvalue weighted by Crippen LogP contribution is -2.38. The molecule has 0 aliphatic carbocycles. The molecule has 0 bridgehead atoms. The Balaban J connectivity index is 1.34. The summed E-state index contributed by atoms with van der Waals surface area (Å²) in [6.45, 7) is 4.18. The van der Waals surface area contributed by atoms with E-state index < -0.39 is 0 Å². The number of amides is 5. The van der Waals surface area contributed by atoms with Gasteiger partial charge in [-0.3, -0.25) is 14.4 Å². The maximum absolute atomic E-state index is 12.4. The molecule has 0 spiro atoms. The Morgan fingerprint density at radius 1 is 0.923 bits per heavy atom. The van der Waals surface area contributed by atoms with Crippen molar-refractivity contribution in [3.63, 3.8) is 0 Å². The molecule has 0 aromatic carbocycles. The van der Waals surface area contributed by atoms with Crippen LogP contribution in [-0.4, -0.2) is 122 Å². The number of ether oxygens (including phenoxy) is 3. The number of halogens is 1. The number of likely N-dealkylation sites (N-methyl/N-ethyl adjacent to an activating group) is 1. The van der Waals surface area contributed by atoms with Crippen LogP contribution in [0, 0.1) is 0 Å². The molecule has 224 valence electrons. The number of thioether (sulfide) groups is 1. The van der Waals surface area contributed by atoms with Crippen molar-refractivity contribution in [2.75, 3.05) is 76.5 Å². The van der Waals surface area contributed by atoms with E-state index in [1.54, 1.807) is 7.05 Å². The topological polar surface area (TPSA) is 147 Å². The van der Waals surface area contributed by atoms with Gasteiger partial charge >= 0.3 is 6.03 Å². The summed E-state index contributed by atoms with van der Waals surface area (Å²) in [5, 5.41) is 11.9. The van der Waals surface area contributed by atoms with Gasteiger partial charge in [0.1, 0.15) is 0 Å². The summed E-state index contributed by atoms with van der Waals surface area (Å²) in [5.74, 6) is 0.758. The molecule has 0 aromatic rings. The number of hydrogen-bond donors (Lipinski definition) is 4. The van der Waals surface area contributed by atoms with Gasteiger partial charge < -0.3 is 40.4 Å². The minimum atomic E-state index is -0.181. The van der Waals surface area contributed by atoms with Crippen molar-refractivity contribution in [1.82, 2.24) is 26.2 Å². The van der Waals surface area contributed by atoms with Crippen molar-refractivity contribution in [3.8, 4) is 0 Å². The van der Waals surface area contributed by atoms with Crippen LogP contribution in [0.25, 0.3) is 0 Å². The lowest BCUT2D eigenvalue weighted by molar-refractivity contribution is -0.134. The van der Waals surface area contributed by atoms with Gasteiger partial charge in [0, 0.05) is 50.8 Å². The molecule has 0 unspecified atom stereocenters. The van der Waals surface area contributed by atoms with Crippen LogP contribution < -0.4 is 21.3 Å². The van der Waals surface area contributed by atoms with E-state index >= 15 is 0 Å². The van der Waals surface area contributed by atoms with Gasteiger partial charge in [0.15, 0.2) is 0 Å². The first-order valence-electron chi connectivity index (χ1n) is 13.7. The SMILES string of the molecule is CN(CC(=O)NCCCOCCOCCOCCCNC(=O)CI)C(=O)CCCC[C@@H]1SC[C@@H]2NC(=O)N[C@@H]21. The van der Waals surface area contributed by atoms with Crippen LogP contribution in [0.1, 0.15) is 38.5 Å². The van der Waals surface area contributed by atoms with Gasteiger partial charge in [-0.25, -0.2) is 4.79 Å². The highest BCUT2D eigenvalue weighted by molar-refractivity contribution is 14.1. The van der Waals surface area contributed by atoms with Crippen LogP contribution in [0.2, 0.25) is 0 Å². The number of urea groups is 1. The van der Waals surface area contributed by atoms with Crippen molar-refractivity contribution in [2.45, 2.75) is 55.9 Å². The Bertz CT molecular complexity index is 766. The molecule has 39 heavy (non-hydrogen) atoms. The number of unbranched alkanes of at least 4 members (excludes halogenated alkanes) is 1. The van der Waals surface area contributed by atoms with E-state index in [4.69, 9.17) is 14.2 Å².